The Balaban J connectivity index is 1.57. The van der Waals surface area contributed by atoms with Gasteiger partial charge in [-0.25, -0.2) is 14.8 Å². The van der Waals surface area contributed by atoms with Crippen LogP contribution in [0.4, 0.5) is 5.82 Å². The lowest BCUT2D eigenvalue weighted by molar-refractivity contribution is 0.0697. The Labute approximate surface area is 169 Å². The fourth-order valence-corrected chi connectivity index (χ4v) is 3.75. The summed E-state index contributed by atoms with van der Waals surface area (Å²) in [7, 11) is 0. The third kappa shape index (κ3) is 3.85. The first-order valence-electron chi connectivity index (χ1n) is 8.23. The van der Waals surface area contributed by atoms with E-state index in [-0.39, 0.29) is 5.56 Å². The average molecular weight is 409 g/mol. The van der Waals surface area contributed by atoms with Gasteiger partial charge in [-0.3, -0.25) is 5.43 Å². The number of anilines is 1. The normalized spacial score (nSPS) is 11.2. The minimum absolute atomic E-state index is 0.232. The lowest BCUT2D eigenvalue weighted by atomic mass is 10.1. The molecule has 0 aliphatic heterocycles. The van der Waals surface area contributed by atoms with Crippen molar-refractivity contribution in [2.45, 2.75) is 0 Å². The van der Waals surface area contributed by atoms with Crippen LogP contribution < -0.4 is 5.43 Å². The molecule has 8 heteroatoms. The van der Waals surface area contributed by atoms with Crippen LogP contribution in [0.5, 0.6) is 0 Å². The molecule has 0 fully saturated rings. The van der Waals surface area contributed by atoms with Gasteiger partial charge in [-0.2, -0.15) is 5.10 Å². The van der Waals surface area contributed by atoms with Crippen molar-refractivity contribution in [3.8, 4) is 10.4 Å². The highest BCUT2D eigenvalue weighted by atomic mass is 35.5. The van der Waals surface area contributed by atoms with E-state index in [1.165, 1.54) is 18.5 Å². The van der Waals surface area contributed by atoms with Crippen LogP contribution in [0.2, 0.25) is 5.02 Å². The Morgan fingerprint density at radius 2 is 1.86 bits per heavy atom. The highest BCUT2D eigenvalue weighted by Gasteiger charge is 2.10. The van der Waals surface area contributed by atoms with E-state index in [1.54, 1.807) is 29.7 Å². The van der Waals surface area contributed by atoms with Crippen molar-refractivity contribution in [3.05, 3.63) is 77.1 Å². The Bertz CT molecular complexity index is 1170. The van der Waals surface area contributed by atoms with E-state index in [0.717, 1.165) is 26.2 Å². The molecule has 2 heterocycles. The molecule has 0 radical (unpaired) electrons. The molecule has 6 nitrogen and oxygen atoms in total. The van der Waals surface area contributed by atoms with E-state index in [0.29, 0.717) is 10.8 Å². The van der Waals surface area contributed by atoms with Crippen LogP contribution in [-0.4, -0.2) is 27.3 Å². The molecule has 4 rings (SSSR count). The number of halogens is 1. The summed E-state index contributed by atoms with van der Waals surface area (Å²) in [5.74, 6) is -0.354. The summed E-state index contributed by atoms with van der Waals surface area (Å²) in [4.78, 5) is 20.5. The van der Waals surface area contributed by atoms with Crippen molar-refractivity contribution >= 4 is 51.2 Å². The number of carbonyl (C=O) groups is 1. The number of nitrogens with zero attached hydrogens (tertiary/aromatic N) is 3. The van der Waals surface area contributed by atoms with Crippen LogP contribution in [0.3, 0.4) is 0 Å². The van der Waals surface area contributed by atoms with Gasteiger partial charge in [0.25, 0.3) is 0 Å². The second kappa shape index (κ2) is 7.75. The Morgan fingerprint density at radius 3 is 2.57 bits per heavy atom. The highest BCUT2D eigenvalue weighted by Crippen LogP contribution is 2.35. The van der Waals surface area contributed by atoms with E-state index in [9.17, 15) is 4.79 Å². The zero-order chi connectivity index (χ0) is 19.5. The first kappa shape index (κ1) is 18.1. The van der Waals surface area contributed by atoms with E-state index in [1.807, 2.05) is 30.3 Å². The Morgan fingerprint density at radius 1 is 1.11 bits per heavy atom. The summed E-state index contributed by atoms with van der Waals surface area (Å²) in [6.07, 6.45) is 3.09. The van der Waals surface area contributed by atoms with E-state index >= 15 is 0 Å². The molecule has 0 saturated heterocycles. The number of hydrogen-bond acceptors (Lipinski definition) is 6. The maximum atomic E-state index is 10.9. The molecule has 0 amide bonds. The summed E-state index contributed by atoms with van der Waals surface area (Å²) in [6, 6.07) is 16.1. The Kier molecular flexibility index (Phi) is 5.01. The maximum absolute atomic E-state index is 10.9. The molecule has 0 spiro atoms. The van der Waals surface area contributed by atoms with Gasteiger partial charge in [-0.05, 0) is 41.5 Å². The zero-order valence-electron chi connectivity index (χ0n) is 14.3. The molecule has 138 valence electrons. The number of carboxylic acids is 1. The van der Waals surface area contributed by atoms with Gasteiger partial charge >= 0.3 is 5.97 Å². The van der Waals surface area contributed by atoms with E-state index in [2.05, 4.69) is 20.5 Å². The van der Waals surface area contributed by atoms with Crippen molar-refractivity contribution in [2.24, 2.45) is 5.10 Å². The molecule has 2 aromatic heterocycles. The topological polar surface area (TPSA) is 87.5 Å². The number of rotatable bonds is 5. The van der Waals surface area contributed by atoms with Crippen LogP contribution in [0.15, 0.2) is 66.0 Å². The minimum atomic E-state index is -0.959. The minimum Gasteiger partial charge on any atom is -0.478 e. The SMILES string of the molecule is O=C(O)c1ccc(C=NNc2ncnc3cc(-c4ccc(Cl)cc4)sc23)cc1. The van der Waals surface area contributed by atoms with Gasteiger partial charge in [0, 0.05) is 9.90 Å². The lowest BCUT2D eigenvalue weighted by Crippen LogP contribution is -1.97. The number of aromatic nitrogens is 2. The summed E-state index contributed by atoms with van der Waals surface area (Å²) in [5.41, 5.74) is 5.83. The second-order valence-corrected chi connectivity index (χ2v) is 7.34. The van der Waals surface area contributed by atoms with E-state index < -0.39 is 5.97 Å². The third-order valence-corrected chi connectivity index (χ3v) is 5.41. The number of hydrogen-bond donors (Lipinski definition) is 2. The van der Waals surface area contributed by atoms with Gasteiger partial charge in [0.2, 0.25) is 0 Å². The molecule has 0 aliphatic rings. The van der Waals surface area contributed by atoms with Gasteiger partial charge in [0.15, 0.2) is 5.82 Å². The van der Waals surface area contributed by atoms with Crippen LogP contribution in [0.1, 0.15) is 15.9 Å². The lowest BCUT2D eigenvalue weighted by Gasteiger charge is -2.00. The molecule has 0 aliphatic carbocycles. The largest absolute Gasteiger partial charge is 0.478 e. The van der Waals surface area contributed by atoms with Crippen molar-refractivity contribution in [1.29, 1.82) is 0 Å². The van der Waals surface area contributed by atoms with Gasteiger partial charge in [0.1, 0.15) is 6.33 Å². The van der Waals surface area contributed by atoms with Crippen molar-refractivity contribution in [3.63, 3.8) is 0 Å². The first-order chi connectivity index (χ1) is 13.6. The van der Waals surface area contributed by atoms with Gasteiger partial charge in [0.05, 0.1) is 22.0 Å². The van der Waals surface area contributed by atoms with Crippen molar-refractivity contribution in [1.82, 2.24) is 9.97 Å². The quantitative estimate of drug-likeness (QED) is 0.352. The monoisotopic (exact) mass is 408 g/mol. The summed E-state index contributed by atoms with van der Waals surface area (Å²) in [6.45, 7) is 0. The van der Waals surface area contributed by atoms with Crippen molar-refractivity contribution < 1.29 is 9.90 Å². The number of benzene rings is 2. The third-order valence-electron chi connectivity index (χ3n) is 3.98. The number of thiophene rings is 1. The molecule has 0 bridgehead atoms. The van der Waals surface area contributed by atoms with Crippen LogP contribution in [-0.2, 0) is 0 Å². The van der Waals surface area contributed by atoms with Crippen LogP contribution >= 0.6 is 22.9 Å². The average Bonchev–Trinajstić information content (AvgIpc) is 3.14. The highest BCUT2D eigenvalue weighted by molar-refractivity contribution is 7.22. The molecule has 28 heavy (non-hydrogen) atoms. The molecule has 4 aromatic rings. The number of nitrogens with one attached hydrogen (secondary N) is 1. The molecule has 0 unspecified atom stereocenters. The van der Waals surface area contributed by atoms with Crippen molar-refractivity contribution in [2.75, 3.05) is 5.43 Å². The molecule has 0 atom stereocenters. The number of fused-ring (bicyclic) bond motifs is 1. The first-order valence-corrected chi connectivity index (χ1v) is 9.42. The Hall–Kier alpha value is -3.29. The maximum Gasteiger partial charge on any atom is 0.335 e. The summed E-state index contributed by atoms with van der Waals surface area (Å²) < 4.78 is 0.894. The predicted molar refractivity (Wildman–Crippen MR) is 112 cm³/mol. The number of hydrazone groups is 1. The summed E-state index contributed by atoms with van der Waals surface area (Å²) in [5, 5.41) is 13.8. The molecule has 0 saturated carbocycles. The molecule has 2 aromatic carbocycles. The molecular formula is C20H13ClN4O2S. The van der Waals surface area contributed by atoms with E-state index in [4.69, 9.17) is 16.7 Å². The fraction of sp³-hybridized carbons (Fsp3) is 0. The number of carboxylic acid groups (broad SMARTS) is 1. The molecule has 2 N–H and O–H groups in total. The smallest absolute Gasteiger partial charge is 0.335 e. The van der Waals surface area contributed by atoms with Gasteiger partial charge < -0.3 is 5.11 Å². The zero-order valence-corrected chi connectivity index (χ0v) is 15.9. The fourth-order valence-electron chi connectivity index (χ4n) is 2.57. The van der Waals surface area contributed by atoms with Crippen LogP contribution in [0.25, 0.3) is 20.7 Å². The van der Waals surface area contributed by atoms with Gasteiger partial charge in [-0.15, -0.1) is 11.3 Å². The number of aromatic carboxylic acids is 1. The second-order valence-electron chi connectivity index (χ2n) is 5.85. The van der Waals surface area contributed by atoms with Crippen LogP contribution in [0, 0.1) is 0 Å². The standard InChI is InChI=1S/C20H13ClN4O2S/c21-15-7-5-13(6-8-15)17-9-16-18(28-17)19(23-11-22-16)25-24-10-12-1-3-14(4-2-12)20(26)27/h1-11H,(H,26,27)(H,22,23,25). The predicted octanol–water partition coefficient (Wildman–Crippen LogP) is 5.16. The molecular weight excluding hydrogens is 396 g/mol. The summed E-state index contributed by atoms with van der Waals surface area (Å²) >= 11 is 7.53. The van der Waals surface area contributed by atoms with Gasteiger partial charge in [-0.1, -0.05) is 35.9 Å².